The molecule has 1 rings (SSSR count). The summed E-state index contributed by atoms with van der Waals surface area (Å²) in [5.41, 5.74) is 1.50. The summed E-state index contributed by atoms with van der Waals surface area (Å²) in [5, 5.41) is 0. The minimum absolute atomic E-state index is 0.927. The van der Waals surface area contributed by atoms with Gasteiger partial charge < -0.3 is 0 Å². The van der Waals surface area contributed by atoms with Crippen LogP contribution in [0, 0.1) is 0 Å². The van der Waals surface area contributed by atoms with Gasteiger partial charge in [0.25, 0.3) is 0 Å². The first-order valence-electron chi connectivity index (χ1n) is 18.2. The average molecular weight is 563 g/mol. The Bertz CT molecular complexity index is 544. The zero-order valence-electron chi connectivity index (χ0n) is 28.0. The second kappa shape index (κ2) is 30.6. The molecule has 0 amide bonds. The Morgan fingerprint density at radius 1 is 0.359 bits per heavy atom. The molecule has 0 aliphatic carbocycles. The monoisotopic (exact) mass is 563 g/mol. The zero-order chi connectivity index (χ0) is 28.7. The SMILES string of the molecule is CCCCCCCCCCCCc1ccccc1.CCCCCCCC[PH](CCCC)(CCCC)CCCC. The van der Waals surface area contributed by atoms with E-state index in [2.05, 4.69) is 65.0 Å². The molecule has 0 saturated heterocycles. The van der Waals surface area contributed by atoms with E-state index in [4.69, 9.17) is 0 Å². The molecule has 232 valence electrons. The number of hydrogen-bond acceptors (Lipinski definition) is 0. The predicted octanol–water partition coefficient (Wildman–Crippen LogP) is 13.6. The van der Waals surface area contributed by atoms with Crippen LogP contribution in [-0.4, -0.2) is 24.6 Å². The van der Waals surface area contributed by atoms with Crippen molar-refractivity contribution in [3.8, 4) is 0 Å². The Labute approximate surface area is 249 Å². The summed E-state index contributed by atoms with van der Waals surface area (Å²) in [5.74, 6) is 0. The van der Waals surface area contributed by atoms with Gasteiger partial charge in [-0.1, -0.05) is 95.0 Å². The van der Waals surface area contributed by atoms with Crippen molar-refractivity contribution in [3.05, 3.63) is 35.9 Å². The fourth-order valence-electron chi connectivity index (χ4n) is 6.15. The third-order valence-corrected chi connectivity index (χ3v) is 14.6. The van der Waals surface area contributed by atoms with E-state index in [1.807, 2.05) is 0 Å². The van der Waals surface area contributed by atoms with Gasteiger partial charge in [-0.05, 0) is 18.4 Å². The van der Waals surface area contributed by atoms with Crippen LogP contribution >= 0.6 is 7.26 Å². The van der Waals surface area contributed by atoms with Gasteiger partial charge in [0.1, 0.15) is 0 Å². The Hall–Kier alpha value is -0.350. The summed E-state index contributed by atoms with van der Waals surface area (Å²) < 4.78 is 0. The Morgan fingerprint density at radius 2 is 0.692 bits per heavy atom. The molecule has 1 heteroatoms. The Balaban J connectivity index is 0.000000748. The summed E-state index contributed by atoms with van der Waals surface area (Å²) >= 11 is 0. The van der Waals surface area contributed by atoms with Gasteiger partial charge in [0.05, 0.1) is 0 Å². The number of aryl methyl sites for hydroxylation is 1. The van der Waals surface area contributed by atoms with Crippen LogP contribution in [0.4, 0.5) is 0 Å². The van der Waals surface area contributed by atoms with Crippen LogP contribution in [0.1, 0.15) is 181 Å². The van der Waals surface area contributed by atoms with Gasteiger partial charge in [0, 0.05) is 0 Å². The van der Waals surface area contributed by atoms with Crippen molar-refractivity contribution in [2.75, 3.05) is 24.6 Å². The van der Waals surface area contributed by atoms with Crippen LogP contribution in [-0.2, 0) is 6.42 Å². The van der Waals surface area contributed by atoms with Crippen LogP contribution in [0.15, 0.2) is 30.3 Å². The summed E-state index contributed by atoms with van der Waals surface area (Å²) in [4.78, 5) is 0. The molecule has 0 saturated carbocycles. The molecule has 1 aromatic carbocycles. The molecule has 0 heterocycles. The zero-order valence-corrected chi connectivity index (χ0v) is 29.0. The van der Waals surface area contributed by atoms with Crippen molar-refractivity contribution in [1.82, 2.24) is 0 Å². The van der Waals surface area contributed by atoms with E-state index in [0.29, 0.717) is 0 Å². The maximum absolute atomic E-state index is 2.38. The summed E-state index contributed by atoms with van der Waals surface area (Å²) in [6.07, 6.45) is 39.7. The fourth-order valence-corrected chi connectivity index (χ4v) is 12.0. The van der Waals surface area contributed by atoms with Crippen LogP contribution in [0.2, 0.25) is 0 Å². The topological polar surface area (TPSA) is 0 Å². The Kier molecular flexibility index (Phi) is 30.3. The van der Waals surface area contributed by atoms with E-state index in [0.717, 1.165) is 0 Å². The molecule has 0 unspecified atom stereocenters. The van der Waals surface area contributed by atoms with Crippen molar-refractivity contribution >= 4 is 7.26 Å². The van der Waals surface area contributed by atoms with Gasteiger partial charge in [0.15, 0.2) is 0 Å². The molecule has 0 nitrogen and oxygen atoms in total. The van der Waals surface area contributed by atoms with Gasteiger partial charge in [-0.15, -0.1) is 0 Å². The number of benzene rings is 1. The van der Waals surface area contributed by atoms with Crippen LogP contribution in [0.25, 0.3) is 0 Å². The molecule has 0 atom stereocenters. The second-order valence-electron chi connectivity index (χ2n) is 12.7. The van der Waals surface area contributed by atoms with Crippen LogP contribution in [0.5, 0.6) is 0 Å². The molecule has 1 aromatic rings. The summed E-state index contributed by atoms with van der Waals surface area (Å²) in [7, 11) is -0.927. The fraction of sp³-hybridized carbons (Fsp3) is 0.842. The molecule has 0 N–H and O–H groups in total. The molecule has 0 bridgehead atoms. The van der Waals surface area contributed by atoms with Crippen LogP contribution < -0.4 is 0 Å². The van der Waals surface area contributed by atoms with Gasteiger partial charge in [-0.3, -0.25) is 0 Å². The molecule has 0 spiro atoms. The Morgan fingerprint density at radius 3 is 1.10 bits per heavy atom. The van der Waals surface area contributed by atoms with Crippen molar-refractivity contribution in [2.24, 2.45) is 0 Å². The third-order valence-electron chi connectivity index (χ3n) is 8.90. The second-order valence-corrected chi connectivity index (χ2v) is 17.7. The number of unbranched alkanes of at least 4 members (excludes halogenated alkanes) is 17. The minimum atomic E-state index is -0.927. The summed E-state index contributed by atoms with van der Waals surface area (Å²) in [6.45, 7) is 11.7. The molecular weight excluding hydrogens is 487 g/mol. The van der Waals surface area contributed by atoms with Gasteiger partial charge >= 0.3 is 137 Å². The van der Waals surface area contributed by atoms with E-state index in [1.54, 1.807) is 31.1 Å². The molecule has 0 aliphatic heterocycles. The molecular formula is C38H75P. The van der Waals surface area contributed by atoms with Crippen molar-refractivity contribution < 1.29 is 0 Å². The van der Waals surface area contributed by atoms with E-state index in [-0.39, 0.29) is 0 Å². The first-order chi connectivity index (χ1) is 19.2. The van der Waals surface area contributed by atoms with E-state index >= 15 is 0 Å². The number of hydrogen-bond donors (Lipinski definition) is 0. The molecule has 0 aromatic heterocycles. The van der Waals surface area contributed by atoms with Crippen molar-refractivity contribution in [1.29, 1.82) is 0 Å². The van der Waals surface area contributed by atoms with Gasteiger partial charge in [-0.25, -0.2) is 0 Å². The maximum atomic E-state index is 2.38. The molecule has 0 fully saturated rings. The van der Waals surface area contributed by atoms with Crippen molar-refractivity contribution in [2.45, 2.75) is 182 Å². The first kappa shape index (κ1) is 38.6. The standard InChI is InChI=1S/C20H45P.C18H30/c1-5-9-13-14-15-16-20-21(17-10-6-2,18-11-7-3)19-12-8-4;1-2-3-4-5-6-7-8-9-10-12-15-18-16-13-11-14-17-18/h21H,5-20H2,1-4H3;11,13-14,16-17H,2-10,12,15H2,1H3. The predicted molar refractivity (Wildman–Crippen MR) is 188 cm³/mol. The third kappa shape index (κ3) is 25.1. The van der Waals surface area contributed by atoms with E-state index < -0.39 is 7.26 Å². The van der Waals surface area contributed by atoms with Crippen LogP contribution in [0.3, 0.4) is 0 Å². The normalized spacial score (nSPS) is 11.8. The first-order valence-corrected chi connectivity index (χ1v) is 21.0. The molecule has 0 aliphatic rings. The van der Waals surface area contributed by atoms with Crippen molar-refractivity contribution in [3.63, 3.8) is 0 Å². The molecule has 0 radical (unpaired) electrons. The molecule has 39 heavy (non-hydrogen) atoms. The average Bonchev–Trinajstić information content (AvgIpc) is 2.97. The van der Waals surface area contributed by atoms with E-state index in [1.165, 1.54) is 147 Å². The van der Waals surface area contributed by atoms with Gasteiger partial charge in [0.2, 0.25) is 0 Å². The van der Waals surface area contributed by atoms with E-state index in [9.17, 15) is 0 Å². The summed E-state index contributed by atoms with van der Waals surface area (Å²) in [6, 6.07) is 10.9. The number of rotatable bonds is 27. The quantitative estimate of drug-likeness (QED) is 0.0738. The van der Waals surface area contributed by atoms with Gasteiger partial charge in [-0.2, -0.15) is 0 Å².